The number of hydrogen-bond donors (Lipinski definition) is 0. The van der Waals surface area contributed by atoms with Crippen molar-refractivity contribution in [2.24, 2.45) is 0 Å². The van der Waals surface area contributed by atoms with E-state index in [0.717, 1.165) is 44.9 Å². The number of nitrogens with zero attached hydrogens (tertiary/aromatic N) is 5. The van der Waals surface area contributed by atoms with Gasteiger partial charge in [0.15, 0.2) is 0 Å². The van der Waals surface area contributed by atoms with Crippen molar-refractivity contribution < 1.29 is 22.7 Å². The molecule has 0 bridgehead atoms. The highest BCUT2D eigenvalue weighted by Crippen LogP contribution is 2.29. The maximum absolute atomic E-state index is 12.9. The number of rotatable bonds is 4. The molecule has 3 heterocycles. The number of likely N-dealkylation sites (tertiary alicyclic amines) is 1. The monoisotopic (exact) mass is 477 g/mol. The summed E-state index contributed by atoms with van der Waals surface area (Å²) in [5.41, 5.74) is 0.393. The van der Waals surface area contributed by atoms with Gasteiger partial charge >= 0.3 is 12.3 Å². The van der Waals surface area contributed by atoms with Crippen LogP contribution in [0.5, 0.6) is 0 Å². The third-order valence-electron chi connectivity index (χ3n) is 6.49. The van der Waals surface area contributed by atoms with Crippen molar-refractivity contribution in [3.8, 4) is 0 Å². The van der Waals surface area contributed by atoms with Crippen molar-refractivity contribution >= 4 is 12.0 Å². The van der Waals surface area contributed by atoms with Gasteiger partial charge in [0.05, 0.1) is 5.56 Å². The maximum Gasteiger partial charge on any atom is 0.419 e. The average molecular weight is 478 g/mol. The van der Waals surface area contributed by atoms with Crippen LogP contribution in [-0.2, 0) is 17.5 Å². The highest BCUT2D eigenvalue weighted by Gasteiger charge is 2.36. The smallest absolute Gasteiger partial charge is 0.419 e. The Hall–Kier alpha value is -2.88. The van der Waals surface area contributed by atoms with Gasteiger partial charge in [0.25, 0.3) is 0 Å². The molecule has 2 aromatic rings. The third kappa shape index (κ3) is 5.78. The van der Waals surface area contributed by atoms with E-state index < -0.39 is 11.7 Å². The summed E-state index contributed by atoms with van der Waals surface area (Å²) < 4.78 is 44.2. The van der Waals surface area contributed by atoms with E-state index in [1.165, 1.54) is 5.56 Å². The average Bonchev–Trinajstić information content (AvgIpc) is 2.82. The number of halogens is 3. The molecule has 184 valence electrons. The quantitative estimate of drug-likeness (QED) is 0.658. The van der Waals surface area contributed by atoms with Crippen LogP contribution in [0.4, 0.5) is 23.9 Å². The van der Waals surface area contributed by atoms with Crippen LogP contribution in [-0.4, -0.2) is 70.2 Å². The van der Waals surface area contributed by atoms with E-state index in [1.54, 1.807) is 4.90 Å². The van der Waals surface area contributed by atoms with E-state index in [-0.39, 0.29) is 30.2 Å². The van der Waals surface area contributed by atoms with Gasteiger partial charge in [-0.05, 0) is 32.3 Å². The van der Waals surface area contributed by atoms with E-state index in [2.05, 4.69) is 27.0 Å². The van der Waals surface area contributed by atoms with Crippen LogP contribution >= 0.6 is 0 Å². The highest BCUT2D eigenvalue weighted by atomic mass is 19.4. The van der Waals surface area contributed by atoms with Gasteiger partial charge in [-0.2, -0.15) is 13.2 Å². The molecule has 2 fully saturated rings. The molecule has 0 unspecified atom stereocenters. The van der Waals surface area contributed by atoms with Gasteiger partial charge < -0.3 is 14.5 Å². The minimum atomic E-state index is -4.47. The van der Waals surface area contributed by atoms with Crippen molar-refractivity contribution in [3.05, 3.63) is 53.9 Å². The lowest BCUT2D eigenvalue weighted by Crippen LogP contribution is -2.59. The Balaban J connectivity index is 1.28. The zero-order valence-electron chi connectivity index (χ0n) is 19.4. The van der Waals surface area contributed by atoms with Crippen LogP contribution in [0.3, 0.4) is 0 Å². The predicted molar refractivity (Wildman–Crippen MR) is 121 cm³/mol. The van der Waals surface area contributed by atoms with E-state index >= 15 is 0 Å². The summed E-state index contributed by atoms with van der Waals surface area (Å²) in [5.74, 6) is 0.228. The Kier molecular flexibility index (Phi) is 7.25. The van der Waals surface area contributed by atoms with Gasteiger partial charge in [0.2, 0.25) is 5.95 Å². The maximum atomic E-state index is 12.9. The molecule has 2 saturated heterocycles. The second kappa shape index (κ2) is 10.2. The van der Waals surface area contributed by atoms with Gasteiger partial charge in [0, 0.05) is 57.2 Å². The normalized spacial score (nSPS) is 22.6. The standard InChI is InChI=1S/C24H30F3N5O2/c1-17-15-32(18(2)14-31(17)22-28-12-20(13-29-22)24(25,26)27)23(33)34-21-8-10-30(11-9-21)16-19-6-4-3-5-7-19/h3-7,12-13,17-18,21H,8-11,14-16H2,1-2H3/t17-,18-/m1/s1. The number of hydrogen-bond acceptors (Lipinski definition) is 6. The molecular formula is C24H30F3N5O2. The first-order valence-electron chi connectivity index (χ1n) is 11.6. The van der Waals surface area contributed by atoms with Gasteiger partial charge in [-0.15, -0.1) is 0 Å². The number of carbonyl (C=O) groups is 1. The Morgan fingerprint density at radius 3 is 2.29 bits per heavy atom. The molecule has 34 heavy (non-hydrogen) atoms. The minimum Gasteiger partial charge on any atom is -0.446 e. The summed E-state index contributed by atoms with van der Waals surface area (Å²) in [7, 11) is 0. The van der Waals surface area contributed by atoms with E-state index in [4.69, 9.17) is 4.74 Å². The number of carbonyl (C=O) groups excluding carboxylic acids is 1. The number of anilines is 1. The zero-order chi connectivity index (χ0) is 24.3. The lowest BCUT2D eigenvalue weighted by Gasteiger charge is -2.44. The molecule has 10 heteroatoms. The molecule has 2 aliphatic heterocycles. The first-order chi connectivity index (χ1) is 16.2. The van der Waals surface area contributed by atoms with Crippen molar-refractivity contribution in [3.63, 3.8) is 0 Å². The van der Waals surface area contributed by atoms with Crippen LogP contribution in [0.25, 0.3) is 0 Å². The molecule has 7 nitrogen and oxygen atoms in total. The molecule has 0 N–H and O–H groups in total. The van der Waals surface area contributed by atoms with Crippen LogP contribution in [0.2, 0.25) is 0 Å². The molecule has 1 aromatic heterocycles. The summed E-state index contributed by atoms with van der Waals surface area (Å²) >= 11 is 0. The SMILES string of the molecule is C[C@@H]1CN(c2ncc(C(F)(F)F)cn2)[C@H](C)CN1C(=O)OC1CCN(Cc2ccccc2)CC1. The molecule has 0 saturated carbocycles. The first-order valence-corrected chi connectivity index (χ1v) is 11.6. The molecule has 0 radical (unpaired) electrons. The Morgan fingerprint density at radius 2 is 1.68 bits per heavy atom. The summed E-state index contributed by atoms with van der Waals surface area (Å²) in [6, 6.07) is 9.97. The van der Waals surface area contributed by atoms with Crippen LogP contribution in [0, 0.1) is 0 Å². The van der Waals surface area contributed by atoms with Crippen molar-refractivity contribution in [1.29, 1.82) is 0 Å². The van der Waals surface area contributed by atoms with Crippen molar-refractivity contribution in [2.75, 3.05) is 31.1 Å². The summed E-state index contributed by atoms with van der Waals surface area (Å²) in [4.78, 5) is 26.6. The lowest BCUT2D eigenvalue weighted by atomic mass is 10.1. The summed E-state index contributed by atoms with van der Waals surface area (Å²) in [6.45, 7) is 7.23. The largest absolute Gasteiger partial charge is 0.446 e. The lowest BCUT2D eigenvalue weighted by molar-refractivity contribution is -0.138. The topological polar surface area (TPSA) is 61.8 Å². The molecule has 0 aliphatic carbocycles. The fourth-order valence-electron chi connectivity index (χ4n) is 4.51. The van der Waals surface area contributed by atoms with E-state index in [1.807, 2.05) is 36.9 Å². The van der Waals surface area contributed by atoms with Gasteiger partial charge in [0.1, 0.15) is 6.10 Å². The molecular weight excluding hydrogens is 447 g/mol. The number of alkyl halides is 3. The number of piperazine rings is 1. The summed E-state index contributed by atoms with van der Waals surface area (Å²) in [5, 5.41) is 0. The molecule has 0 spiro atoms. The highest BCUT2D eigenvalue weighted by molar-refractivity contribution is 5.69. The Bertz CT molecular complexity index is 949. The first kappa shape index (κ1) is 24.3. The fraction of sp³-hybridized carbons (Fsp3) is 0.542. The zero-order valence-corrected chi connectivity index (χ0v) is 19.4. The number of benzene rings is 1. The molecule has 2 aliphatic rings. The molecule has 2 atom stereocenters. The molecule has 4 rings (SSSR count). The second-order valence-corrected chi connectivity index (χ2v) is 9.12. The third-order valence-corrected chi connectivity index (χ3v) is 6.49. The van der Waals surface area contributed by atoms with Crippen molar-refractivity contribution in [1.82, 2.24) is 19.8 Å². The predicted octanol–water partition coefficient (Wildman–Crippen LogP) is 4.20. The Labute approximate surface area is 197 Å². The minimum absolute atomic E-state index is 0.113. The van der Waals surface area contributed by atoms with Crippen molar-refractivity contribution in [2.45, 2.75) is 57.6 Å². The number of ether oxygens (including phenoxy) is 1. The number of piperidine rings is 1. The van der Waals surface area contributed by atoms with Crippen LogP contribution in [0.15, 0.2) is 42.7 Å². The van der Waals surface area contributed by atoms with Crippen LogP contribution in [0.1, 0.15) is 37.8 Å². The molecule has 1 aromatic carbocycles. The van der Waals surface area contributed by atoms with Crippen LogP contribution < -0.4 is 4.90 Å². The number of amides is 1. The fourth-order valence-corrected chi connectivity index (χ4v) is 4.51. The van der Waals surface area contributed by atoms with E-state index in [0.29, 0.717) is 13.1 Å². The van der Waals surface area contributed by atoms with Gasteiger partial charge in [-0.3, -0.25) is 4.90 Å². The second-order valence-electron chi connectivity index (χ2n) is 9.12. The molecule has 1 amide bonds. The van der Waals surface area contributed by atoms with Gasteiger partial charge in [-0.1, -0.05) is 30.3 Å². The number of aromatic nitrogens is 2. The van der Waals surface area contributed by atoms with Gasteiger partial charge in [-0.25, -0.2) is 14.8 Å². The Morgan fingerprint density at radius 1 is 1.03 bits per heavy atom. The summed E-state index contributed by atoms with van der Waals surface area (Å²) in [6.07, 6.45) is -1.75. The van der Waals surface area contributed by atoms with E-state index in [9.17, 15) is 18.0 Å².